The molecule has 9 heteroatoms. The summed E-state index contributed by atoms with van der Waals surface area (Å²) < 4.78 is 57.8. The number of nitrogens with zero attached hydrogens (tertiary/aromatic N) is 2. The summed E-state index contributed by atoms with van der Waals surface area (Å²) in [4.78, 5) is 0. The van der Waals surface area contributed by atoms with Crippen molar-refractivity contribution in [2.75, 3.05) is 0 Å². The molecule has 0 aliphatic rings. The fourth-order valence-corrected chi connectivity index (χ4v) is 1.61. The number of rotatable bonds is 4. The third-order valence-corrected chi connectivity index (χ3v) is 2.48. The zero-order chi connectivity index (χ0) is 14.0. The first-order valence-corrected chi connectivity index (χ1v) is 5.46. The molecule has 20 heavy (non-hydrogen) atoms. The van der Waals surface area contributed by atoms with E-state index in [9.17, 15) is 17.3 Å². The van der Waals surface area contributed by atoms with E-state index in [1.54, 1.807) is 13.2 Å². The third kappa shape index (κ3) is 4.59. The largest absolute Gasteiger partial charge is 1.00 e. The van der Waals surface area contributed by atoms with Crippen LogP contribution in [-0.4, -0.2) is 16.8 Å². The van der Waals surface area contributed by atoms with Crippen LogP contribution < -0.4 is 61.6 Å². The molecule has 1 aromatic carbocycles. The molecule has 0 unspecified atom stereocenters. The van der Waals surface area contributed by atoms with Crippen LogP contribution in [0.3, 0.4) is 0 Å². The first-order valence-electron chi connectivity index (χ1n) is 5.46. The molecule has 0 spiro atoms. The maximum Gasteiger partial charge on any atom is 1.00 e. The predicted molar refractivity (Wildman–Crippen MR) is 62.7 cm³/mol. The Labute approximate surface area is 155 Å². The molecular formula is C11H10BF4KN2O. The number of halogens is 4. The molecule has 0 fully saturated rings. The summed E-state index contributed by atoms with van der Waals surface area (Å²) in [5.41, 5.74) is -0.434. The van der Waals surface area contributed by atoms with Crippen LogP contribution in [0.5, 0.6) is 5.75 Å². The maximum absolute atomic E-state index is 12.9. The average molecular weight is 312 g/mol. The van der Waals surface area contributed by atoms with Crippen LogP contribution in [0, 0.1) is 5.82 Å². The van der Waals surface area contributed by atoms with Crippen molar-refractivity contribution in [2.24, 2.45) is 7.05 Å². The molecule has 1 aromatic heterocycles. The second-order valence-electron chi connectivity index (χ2n) is 4.07. The van der Waals surface area contributed by atoms with Gasteiger partial charge in [-0.15, -0.1) is 0 Å². The normalized spacial score (nSPS) is 11.1. The molecule has 0 bridgehead atoms. The standard InChI is InChI=1S/C11H10BF4N2O.K/c1-18-6-8(5-17-18)7-19-11-3-2-9(13)4-10(11)12(14,15)16;/h2-6H,7H2,1H3;/q-1;+1. The summed E-state index contributed by atoms with van der Waals surface area (Å²) in [7, 11) is 1.69. The Morgan fingerprint density at radius 1 is 1.30 bits per heavy atom. The number of aryl methyl sites for hydroxylation is 1. The van der Waals surface area contributed by atoms with E-state index < -0.39 is 18.3 Å². The quantitative estimate of drug-likeness (QED) is 0.546. The Bertz CT molecular complexity index is 588. The molecule has 0 aliphatic heterocycles. The van der Waals surface area contributed by atoms with Gasteiger partial charge in [-0.2, -0.15) is 5.10 Å². The number of ether oxygens (including phenoxy) is 1. The molecule has 0 amide bonds. The summed E-state index contributed by atoms with van der Waals surface area (Å²) in [6, 6.07) is 2.36. The van der Waals surface area contributed by atoms with Gasteiger partial charge in [-0.25, -0.2) is 4.39 Å². The van der Waals surface area contributed by atoms with Crippen molar-refractivity contribution in [3.8, 4) is 5.75 Å². The van der Waals surface area contributed by atoms with Gasteiger partial charge < -0.3 is 17.7 Å². The van der Waals surface area contributed by atoms with Gasteiger partial charge in [0, 0.05) is 18.8 Å². The Hall–Kier alpha value is -0.349. The van der Waals surface area contributed by atoms with Gasteiger partial charge >= 0.3 is 58.4 Å². The van der Waals surface area contributed by atoms with Gasteiger partial charge in [0.25, 0.3) is 0 Å². The van der Waals surface area contributed by atoms with Crippen molar-refractivity contribution in [1.82, 2.24) is 9.78 Å². The Kier molecular flexibility index (Phi) is 6.27. The average Bonchev–Trinajstić information content (AvgIpc) is 2.72. The van der Waals surface area contributed by atoms with Gasteiger partial charge in [0.15, 0.2) is 0 Å². The van der Waals surface area contributed by atoms with Crippen molar-refractivity contribution in [3.63, 3.8) is 0 Å². The minimum absolute atomic E-state index is 0. The van der Waals surface area contributed by atoms with E-state index >= 15 is 0 Å². The fraction of sp³-hybridized carbons (Fsp3) is 0.182. The SMILES string of the molecule is Cn1cc(COc2ccc(F)cc2[B-](F)(F)F)cn1.[K+]. The Balaban J connectivity index is 0.00000200. The van der Waals surface area contributed by atoms with Crippen LogP contribution in [0.25, 0.3) is 0 Å². The summed E-state index contributed by atoms with van der Waals surface area (Å²) in [5.74, 6) is -1.32. The van der Waals surface area contributed by atoms with Gasteiger partial charge in [0.1, 0.15) is 12.4 Å². The molecule has 0 saturated carbocycles. The van der Waals surface area contributed by atoms with Crippen LogP contribution in [0.1, 0.15) is 5.56 Å². The zero-order valence-corrected chi connectivity index (χ0v) is 14.1. The van der Waals surface area contributed by atoms with Crippen LogP contribution in [0.15, 0.2) is 30.6 Å². The van der Waals surface area contributed by atoms with E-state index in [0.717, 1.165) is 12.1 Å². The number of aromatic nitrogens is 2. The Morgan fingerprint density at radius 3 is 2.55 bits per heavy atom. The predicted octanol–water partition coefficient (Wildman–Crippen LogP) is -0.803. The summed E-state index contributed by atoms with van der Waals surface area (Å²) in [6.45, 7) is -5.38. The number of hydrogen-bond acceptors (Lipinski definition) is 2. The summed E-state index contributed by atoms with van der Waals surface area (Å²) >= 11 is 0. The van der Waals surface area contributed by atoms with Crippen molar-refractivity contribution < 1.29 is 73.5 Å². The van der Waals surface area contributed by atoms with E-state index in [2.05, 4.69) is 5.10 Å². The molecule has 1 heterocycles. The molecule has 2 rings (SSSR count). The van der Waals surface area contributed by atoms with Gasteiger partial charge in [0.2, 0.25) is 0 Å². The smallest absolute Gasteiger partial charge is 0.492 e. The van der Waals surface area contributed by atoms with Crippen LogP contribution in [0.2, 0.25) is 0 Å². The van der Waals surface area contributed by atoms with Crippen LogP contribution >= 0.6 is 0 Å². The van der Waals surface area contributed by atoms with E-state index in [-0.39, 0.29) is 63.7 Å². The van der Waals surface area contributed by atoms with E-state index in [1.165, 1.54) is 10.9 Å². The molecular weight excluding hydrogens is 302 g/mol. The number of benzene rings is 1. The third-order valence-electron chi connectivity index (χ3n) is 2.48. The van der Waals surface area contributed by atoms with Gasteiger partial charge in [-0.05, 0) is 18.2 Å². The minimum Gasteiger partial charge on any atom is -0.492 e. The molecule has 0 atom stereocenters. The van der Waals surface area contributed by atoms with Crippen LogP contribution in [-0.2, 0) is 13.7 Å². The summed E-state index contributed by atoms with van der Waals surface area (Å²) in [5, 5.41) is 3.87. The van der Waals surface area contributed by atoms with Gasteiger partial charge in [-0.3, -0.25) is 4.68 Å². The van der Waals surface area contributed by atoms with Crippen molar-refractivity contribution in [3.05, 3.63) is 42.0 Å². The van der Waals surface area contributed by atoms with E-state index in [0.29, 0.717) is 11.6 Å². The van der Waals surface area contributed by atoms with E-state index in [4.69, 9.17) is 4.74 Å². The summed E-state index contributed by atoms with van der Waals surface area (Å²) in [6.07, 6.45) is 3.11. The number of hydrogen-bond donors (Lipinski definition) is 0. The van der Waals surface area contributed by atoms with Gasteiger partial charge in [0.05, 0.1) is 11.9 Å². The Morgan fingerprint density at radius 2 is 2.00 bits per heavy atom. The molecule has 0 radical (unpaired) electrons. The first kappa shape index (κ1) is 17.7. The van der Waals surface area contributed by atoms with E-state index in [1.807, 2.05) is 0 Å². The molecule has 0 N–H and O–H groups in total. The van der Waals surface area contributed by atoms with Gasteiger partial charge in [-0.1, -0.05) is 5.46 Å². The molecule has 2 aromatic rings. The van der Waals surface area contributed by atoms with Crippen LogP contribution in [0.4, 0.5) is 17.3 Å². The molecule has 0 saturated heterocycles. The molecule has 102 valence electrons. The second-order valence-corrected chi connectivity index (χ2v) is 4.07. The van der Waals surface area contributed by atoms with Crippen molar-refractivity contribution in [2.45, 2.75) is 6.61 Å². The minimum atomic E-state index is -5.32. The molecule has 3 nitrogen and oxygen atoms in total. The van der Waals surface area contributed by atoms with Crippen molar-refractivity contribution >= 4 is 12.4 Å². The monoisotopic (exact) mass is 312 g/mol. The second kappa shape index (κ2) is 7.08. The topological polar surface area (TPSA) is 27.1 Å². The first-order chi connectivity index (χ1) is 8.86. The zero-order valence-electron chi connectivity index (χ0n) is 11.0. The van der Waals surface area contributed by atoms with Crippen molar-refractivity contribution in [1.29, 1.82) is 0 Å². The maximum atomic E-state index is 12.9. The molecule has 0 aliphatic carbocycles. The fourth-order valence-electron chi connectivity index (χ4n) is 1.61.